The molecular weight excluding hydrogens is 320 g/mol. The number of hydrogen-bond acceptors (Lipinski definition) is 2. The van der Waals surface area contributed by atoms with Crippen LogP contribution in [0.2, 0.25) is 0 Å². The standard InChI is InChI=1S/C23H30N2O/c1-17-8-10-20(11-9-17)19(3)24-23(26)21-12-14-25(15-13-21)16-22-7-5-4-6-18(22)2/h4-11,19,21H,12-16H2,1-3H3,(H,24,26)/t19-/m1/s1. The van der Waals surface area contributed by atoms with E-state index in [1.54, 1.807) is 0 Å². The van der Waals surface area contributed by atoms with Crippen molar-refractivity contribution in [2.75, 3.05) is 13.1 Å². The van der Waals surface area contributed by atoms with Gasteiger partial charge in [-0.3, -0.25) is 9.69 Å². The Morgan fingerprint density at radius 1 is 1.08 bits per heavy atom. The van der Waals surface area contributed by atoms with Crippen molar-refractivity contribution in [3.8, 4) is 0 Å². The molecule has 1 saturated heterocycles. The Balaban J connectivity index is 1.49. The molecule has 0 aromatic heterocycles. The normalized spacial score (nSPS) is 17.0. The predicted octanol–water partition coefficient (Wildman–Crippen LogP) is 4.39. The van der Waals surface area contributed by atoms with Gasteiger partial charge in [-0.1, -0.05) is 54.1 Å². The second-order valence-corrected chi connectivity index (χ2v) is 7.62. The van der Waals surface area contributed by atoms with Crippen LogP contribution in [0.25, 0.3) is 0 Å². The molecule has 3 rings (SSSR count). The maximum atomic E-state index is 12.6. The van der Waals surface area contributed by atoms with E-state index < -0.39 is 0 Å². The SMILES string of the molecule is Cc1ccc([C@@H](C)NC(=O)C2CCN(Cc3ccccc3C)CC2)cc1. The van der Waals surface area contributed by atoms with E-state index in [0.717, 1.165) is 32.5 Å². The number of hydrogen-bond donors (Lipinski definition) is 1. The van der Waals surface area contributed by atoms with E-state index in [2.05, 4.69) is 79.5 Å². The monoisotopic (exact) mass is 350 g/mol. The predicted molar refractivity (Wildman–Crippen MR) is 107 cm³/mol. The Kier molecular flexibility index (Phi) is 6.10. The van der Waals surface area contributed by atoms with Crippen molar-refractivity contribution >= 4 is 5.91 Å². The third-order valence-corrected chi connectivity index (χ3v) is 5.55. The van der Waals surface area contributed by atoms with Gasteiger partial charge < -0.3 is 5.32 Å². The van der Waals surface area contributed by atoms with Crippen LogP contribution in [0.3, 0.4) is 0 Å². The topological polar surface area (TPSA) is 32.3 Å². The molecule has 1 aliphatic heterocycles. The smallest absolute Gasteiger partial charge is 0.223 e. The Bertz CT molecular complexity index is 730. The van der Waals surface area contributed by atoms with E-state index in [1.807, 2.05) is 0 Å². The zero-order valence-electron chi connectivity index (χ0n) is 16.2. The molecule has 2 aromatic rings. The minimum Gasteiger partial charge on any atom is -0.349 e. The van der Waals surface area contributed by atoms with Crippen LogP contribution in [0.1, 0.15) is 48.1 Å². The number of amides is 1. The molecule has 0 unspecified atom stereocenters. The summed E-state index contributed by atoms with van der Waals surface area (Å²) in [7, 11) is 0. The van der Waals surface area contributed by atoms with Crippen molar-refractivity contribution in [2.45, 2.75) is 46.2 Å². The zero-order chi connectivity index (χ0) is 18.5. The molecule has 2 aromatic carbocycles. The van der Waals surface area contributed by atoms with Crippen LogP contribution in [0.4, 0.5) is 0 Å². The number of carbonyl (C=O) groups is 1. The first kappa shape index (κ1) is 18.7. The van der Waals surface area contributed by atoms with Crippen molar-refractivity contribution in [1.29, 1.82) is 0 Å². The molecule has 1 heterocycles. The average molecular weight is 351 g/mol. The Hall–Kier alpha value is -2.13. The van der Waals surface area contributed by atoms with Crippen LogP contribution in [0.15, 0.2) is 48.5 Å². The molecule has 1 N–H and O–H groups in total. The highest BCUT2D eigenvalue weighted by Crippen LogP contribution is 2.22. The first-order valence-electron chi connectivity index (χ1n) is 9.66. The molecular formula is C23H30N2O. The van der Waals surface area contributed by atoms with Crippen LogP contribution in [-0.2, 0) is 11.3 Å². The lowest BCUT2D eigenvalue weighted by Gasteiger charge is -2.32. The van der Waals surface area contributed by atoms with Crippen LogP contribution in [-0.4, -0.2) is 23.9 Å². The summed E-state index contributed by atoms with van der Waals surface area (Å²) in [4.78, 5) is 15.1. The summed E-state index contributed by atoms with van der Waals surface area (Å²) >= 11 is 0. The van der Waals surface area contributed by atoms with Crippen molar-refractivity contribution in [3.05, 3.63) is 70.8 Å². The Labute approximate surface area is 157 Å². The summed E-state index contributed by atoms with van der Waals surface area (Å²) in [6.45, 7) is 9.28. The summed E-state index contributed by atoms with van der Waals surface area (Å²) in [5.41, 5.74) is 5.15. The van der Waals surface area contributed by atoms with Crippen LogP contribution < -0.4 is 5.32 Å². The Morgan fingerprint density at radius 3 is 2.38 bits per heavy atom. The van der Waals surface area contributed by atoms with E-state index in [9.17, 15) is 4.79 Å². The molecule has 3 heteroatoms. The number of rotatable bonds is 5. The highest BCUT2D eigenvalue weighted by molar-refractivity contribution is 5.79. The van der Waals surface area contributed by atoms with Crippen molar-refractivity contribution in [1.82, 2.24) is 10.2 Å². The summed E-state index contributed by atoms with van der Waals surface area (Å²) in [6.07, 6.45) is 1.89. The first-order valence-corrected chi connectivity index (χ1v) is 9.66. The fourth-order valence-electron chi connectivity index (χ4n) is 3.65. The lowest BCUT2D eigenvalue weighted by molar-refractivity contribution is -0.127. The maximum Gasteiger partial charge on any atom is 0.223 e. The van der Waals surface area contributed by atoms with E-state index >= 15 is 0 Å². The van der Waals surface area contributed by atoms with Gasteiger partial charge in [0, 0.05) is 12.5 Å². The van der Waals surface area contributed by atoms with Gasteiger partial charge >= 0.3 is 0 Å². The van der Waals surface area contributed by atoms with Crippen molar-refractivity contribution in [3.63, 3.8) is 0 Å². The summed E-state index contributed by atoms with van der Waals surface area (Å²) < 4.78 is 0. The third kappa shape index (κ3) is 4.73. The lowest BCUT2D eigenvalue weighted by atomic mass is 9.94. The molecule has 0 spiro atoms. The molecule has 0 bridgehead atoms. The van der Waals surface area contributed by atoms with Crippen LogP contribution >= 0.6 is 0 Å². The minimum absolute atomic E-state index is 0.0631. The molecule has 0 saturated carbocycles. The molecule has 1 atom stereocenters. The van der Waals surface area contributed by atoms with Gasteiger partial charge in [0.15, 0.2) is 0 Å². The molecule has 0 aliphatic carbocycles. The zero-order valence-corrected chi connectivity index (χ0v) is 16.2. The third-order valence-electron chi connectivity index (χ3n) is 5.55. The largest absolute Gasteiger partial charge is 0.349 e. The number of aryl methyl sites for hydroxylation is 2. The number of nitrogens with one attached hydrogen (secondary N) is 1. The number of likely N-dealkylation sites (tertiary alicyclic amines) is 1. The number of carbonyl (C=O) groups excluding carboxylic acids is 1. The van der Waals surface area contributed by atoms with Gasteiger partial charge in [-0.2, -0.15) is 0 Å². The quantitative estimate of drug-likeness (QED) is 0.867. The van der Waals surface area contributed by atoms with Crippen LogP contribution in [0.5, 0.6) is 0 Å². The van der Waals surface area contributed by atoms with Crippen molar-refractivity contribution in [2.24, 2.45) is 5.92 Å². The molecule has 3 nitrogen and oxygen atoms in total. The summed E-state index contributed by atoms with van der Waals surface area (Å²) in [6, 6.07) is 17.0. The number of nitrogens with zero attached hydrogens (tertiary/aromatic N) is 1. The van der Waals surface area contributed by atoms with Gasteiger partial charge in [0.05, 0.1) is 6.04 Å². The van der Waals surface area contributed by atoms with Gasteiger partial charge in [-0.15, -0.1) is 0 Å². The van der Waals surface area contributed by atoms with E-state index in [1.165, 1.54) is 22.3 Å². The second-order valence-electron chi connectivity index (χ2n) is 7.62. The van der Waals surface area contributed by atoms with Gasteiger partial charge in [0.25, 0.3) is 0 Å². The highest BCUT2D eigenvalue weighted by atomic mass is 16.1. The summed E-state index contributed by atoms with van der Waals surface area (Å²) in [5.74, 6) is 0.338. The van der Waals surface area contributed by atoms with E-state index in [-0.39, 0.29) is 17.9 Å². The molecule has 1 fully saturated rings. The van der Waals surface area contributed by atoms with Gasteiger partial charge in [-0.05, 0) is 63.4 Å². The lowest BCUT2D eigenvalue weighted by Crippen LogP contribution is -2.41. The van der Waals surface area contributed by atoms with E-state index in [0.29, 0.717) is 0 Å². The van der Waals surface area contributed by atoms with Gasteiger partial charge in [-0.25, -0.2) is 0 Å². The maximum absolute atomic E-state index is 12.6. The van der Waals surface area contributed by atoms with Crippen molar-refractivity contribution < 1.29 is 4.79 Å². The second kappa shape index (κ2) is 8.50. The highest BCUT2D eigenvalue weighted by Gasteiger charge is 2.26. The van der Waals surface area contributed by atoms with E-state index in [4.69, 9.17) is 0 Å². The molecule has 1 aliphatic rings. The minimum atomic E-state index is 0.0631. The first-order chi connectivity index (χ1) is 12.5. The molecule has 0 radical (unpaired) electrons. The summed E-state index contributed by atoms with van der Waals surface area (Å²) in [5, 5.41) is 3.20. The van der Waals surface area contributed by atoms with Gasteiger partial charge in [0.1, 0.15) is 0 Å². The fourth-order valence-corrected chi connectivity index (χ4v) is 3.65. The van der Waals surface area contributed by atoms with Gasteiger partial charge in [0.2, 0.25) is 5.91 Å². The molecule has 138 valence electrons. The number of piperidine rings is 1. The average Bonchev–Trinajstić information content (AvgIpc) is 2.64. The fraction of sp³-hybridized carbons (Fsp3) is 0.435. The number of benzene rings is 2. The molecule has 26 heavy (non-hydrogen) atoms. The molecule has 1 amide bonds. The van der Waals surface area contributed by atoms with Crippen LogP contribution in [0, 0.1) is 19.8 Å². The Morgan fingerprint density at radius 2 is 1.73 bits per heavy atom.